The second-order valence-corrected chi connectivity index (χ2v) is 4.61. The summed E-state index contributed by atoms with van der Waals surface area (Å²) in [7, 11) is 0. The Morgan fingerprint density at radius 3 is 2.55 bits per heavy atom. The van der Waals surface area contributed by atoms with E-state index in [-0.39, 0.29) is 21.8 Å². The second-order valence-electron chi connectivity index (χ2n) is 3.70. The van der Waals surface area contributed by atoms with E-state index in [1.807, 2.05) is 0 Å². The number of amides is 1. The Morgan fingerprint density at radius 2 is 1.90 bits per heavy atom. The van der Waals surface area contributed by atoms with Crippen molar-refractivity contribution in [3.8, 4) is 0 Å². The number of rotatable bonds is 4. The molecule has 7 nitrogen and oxygen atoms in total. The summed E-state index contributed by atoms with van der Waals surface area (Å²) in [6.45, 7) is 0. The number of nitro benzene ring substituents is 1. The van der Waals surface area contributed by atoms with Crippen molar-refractivity contribution in [3.63, 3.8) is 0 Å². The zero-order valence-corrected chi connectivity index (χ0v) is 10.7. The van der Waals surface area contributed by atoms with E-state index < -0.39 is 16.8 Å². The van der Waals surface area contributed by atoms with Crippen molar-refractivity contribution >= 4 is 33.9 Å². The standard InChI is InChI=1S/C12H8N2O5S/c15-10(7-3-1-2-4-9(7)14(18)19)13-11-8(12(16)17)5-6-20-11/h1-6H,(H,13,15)(H,16,17). The number of carbonyl (C=O) groups is 2. The summed E-state index contributed by atoms with van der Waals surface area (Å²) in [5.41, 5.74) is -0.511. The molecular formula is C12H8N2O5S. The number of nitro groups is 1. The molecule has 102 valence electrons. The number of thiophene rings is 1. The van der Waals surface area contributed by atoms with Crippen LogP contribution < -0.4 is 5.32 Å². The van der Waals surface area contributed by atoms with Gasteiger partial charge < -0.3 is 10.4 Å². The number of aromatic carboxylic acids is 1. The second kappa shape index (κ2) is 5.49. The lowest BCUT2D eigenvalue weighted by Gasteiger charge is -2.04. The fourth-order valence-corrected chi connectivity index (χ4v) is 2.34. The number of nitrogens with zero attached hydrogens (tertiary/aromatic N) is 1. The maximum Gasteiger partial charge on any atom is 0.338 e. The zero-order valence-electron chi connectivity index (χ0n) is 9.90. The van der Waals surface area contributed by atoms with Crippen molar-refractivity contribution in [2.45, 2.75) is 0 Å². The number of carboxylic acid groups (broad SMARTS) is 1. The van der Waals surface area contributed by atoms with Crippen LogP contribution in [-0.4, -0.2) is 21.9 Å². The Bertz CT molecular complexity index is 695. The Balaban J connectivity index is 2.31. The molecule has 0 aliphatic heterocycles. The van der Waals surface area contributed by atoms with Crippen molar-refractivity contribution in [2.24, 2.45) is 0 Å². The molecule has 2 aromatic rings. The van der Waals surface area contributed by atoms with Crippen molar-refractivity contribution < 1.29 is 19.6 Å². The molecule has 2 rings (SSSR count). The molecule has 1 heterocycles. The van der Waals surface area contributed by atoms with E-state index in [9.17, 15) is 19.7 Å². The molecule has 8 heteroatoms. The Labute approximate surface area is 116 Å². The maximum absolute atomic E-state index is 12.0. The SMILES string of the molecule is O=C(Nc1sccc1C(=O)O)c1ccccc1[N+](=O)[O-]. The average Bonchev–Trinajstić information content (AvgIpc) is 2.87. The Kier molecular flexibility index (Phi) is 3.76. The first kappa shape index (κ1) is 13.7. The Hall–Kier alpha value is -2.74. The first-order valence-corrected chi connectivity index (χ1v) is 6.24. The van der Waals surface area contributed by atoms with Gasteiger partial charge >= 0.3 is 5.97 Å². The molecule has 0 unspecified atom stereocenters. The minimum atomic E-state index is -1.18. The van der Waals surface area contributed by atoms with Crippen LogP contribution in [0.4, 0.5) is 10.7 Å². The highest BCUT2D eigenvalue weighted by Gasteiger charge is 2.21. The lowest BCUT2D eigenvalue weighted by molar-refractivity contribution is -0.385. The summed E-state index contributed by atoms with van der Waals surface area (Å²) in [5, 5.41) is 23.8. The van der Waals surface area contributed by atoms with E-state index in [1.165, 1.54) is 35.7 Å². The van der Waals surface area contributed by atoms with Gasteiger partial charge in [-0.25, -0.2) is 4.79 Å². The van der Waals surface area contributed by atoms with Gasteiger partial charge in [0.25, 0.3) is 11.6 Å². The number of nitrogens with one attached hydrogen (secondary N) is 1. The maximum atomic E-state index is 12.0. The van der Waals surface area contributed by atoms with Crippen LogP contribution >= 0.6 is 11.3 Å². The zero-order chi connectivity index (χ0) is 14.7. The largest absolute Gasteiger partial charge is 0.478 e. The molecule has 0 fully saturated rings. The number of carbonyl (C=O) groups excluding carboxylic acids is 1. The van der Waals surface area contributed by atoms with Crippen LogP contribution in [-0.2, 0) is 0 Å². The molecule has 0 saturated carbocycles. The minimum Gasteiger partial charge on any atom is -0.478 e. The fourth-order valence-electron chi connectivity index (χ4n) is 1.57. The summed E-state index contributed by atoms with van der Waals surface area (Å²) in [4.78, 5) is 33.1. The van der Waals surface area contributed by atoms with Crippen LogP contribution in [0.1, 0.15) is 20.7 Å². The topological polar surface area (TPSA) is 110 Å². The van der Waals surface area contributed by atoms with Gasteiger partial charge in [-0.1, -0.05) is 12.1 Å². The monoisotopic (exact) mass is 292 g/mol. The lowest BCUT2D eigenvalue weighted by atomic mass is 10.1. The predicted molar refractivity (Wildman–Crippen MR) is 72.3 cm³/mol. The highest BCUT2D eigenvalue weighted by molar-refractivity contribution is 7.14. The first-order valence-electron chi connectivity index (χ1n) is 5.36. The van der Waals surface area contributed by atoms with Gasteiger partial charge in [0.1, 0.15) is 10.6 Å². The van der Waals surface area contributed by atoms with E-state index in [0.717, 1.165) is 11.3 Å². The number of carboxylic acids is 1. The molecule has 0 radical (unpaired) electrons. The van der Waals surface area contributed by atoms with Crippen LogP contribution in [0.25, 0.3) is 0 Å². The molecule has 0 saturated heterocycles. The molecule has 0 aliphatic rings. The summed E-state index contributed by atoms with van der Waals surface area (Å²) in [5.74, 6) is -1.90. The van der Waals surface area contributed by atoms with Gasteiger partial charge in [-0.3, -0.25) is 14.9 Å². The van der Waals surface area contributed by atoms with Crippen LogP contribution in [0.2, 0.25) is 0 Å². The normalized spacial score (nSPS) is 10.0. The van der Waals surface area contributed by atoms with Gasteiger partial charge in [-0.05, 0) is 17.5 Å². The van der Waals surface area contributed by atoms with Gasteiger partial charge in [-0.2, -0.15) is 0 Å². The van der Waals surface area contributed by atoms with Gasteiger partial charge in [-0.15, -0.1) is 11.3 Å². The number of benzene rings is 1. The summed E-state index contributed by atoms with van der Waals surface area (Å²) in [6.07, 6.45) is 0. The quantitative estimate of drug-likeness (QED) is 0.665. The lowest BCUT2D eigenvalue weighted by Crippen LogP contribution is -2.14. The smallest absolute Gasteiger partial charge is 0.338 e. The third-order valence-electron chi connectivity index (χ3n) is 2.47. The summed E-state index contributed by atoms with van der Waals surface area (Å²) < 4.78 is 0. The molecule has 2 N–H and O–H groups in total. The van der Waals surface area contributed by atoms with E-state index >= 15 is 0 Å². The van der Waals surface area contributed by atoms with Crippen molar-refractivity contribution in [3.05, 3.63) is 57.0 Å². The average molecular weight is 292 g/mol. The number of hydrogen-bond acceptors (Lipinski definition) is 5. The van der Waals surface area contributed by atoms with Gasteiger partial charge in [0, 0.05) is 6.07 Å². The molecule has 1 aromatic carbocycles. The molecule has 0 bridgehead atoms. The van der Waals surface area contributed by atoms with Crippen molar-refractivity contribution in [2.75, 3.05) is 5.32 Å². The van der Waals surface area contributed by atoms with Crippen LogP contribution in [0.3, 0.4) is 0 Å². The molecule has 1 aromatic heterocycles. The summed E-state index contributed by atoms with van der Waals surface area (Å²) in [6, 6.07) is 6.81. The highest BCUT2D eigenvalue weighted by Crippen LogP contribution is 2.25. The van der Waals surface area contributed by atoms with E-state index in [4.69, 9.17) is 5.11 Å². The van der Waals surface area contributed by atoms with Crippen LogP contribution in [0.5, 0.6) is 0 Å². The Morgan fingerprint density at radius 1 is 1.20 bits per heavy atom. The third-order valence-corrected chi connectivity index (χ3v) is 3.30. The highest BCUT2D eigenvalue weighted by atomic mass is 32.1. The van der Waals surface area contributed by atoms with E-state index in [1.54, 1.807) is 0 Å². The van der Waals surface area contributed by atoms with Gasteiger partial charge in [0.15, 0.2) is 0 Å². The summed E-state index contributed by atoms with van der Waals surface area (Å²) >= 11 is 1.03. The minimum absolute atomic E-state index is 0.0538. The van der Waals surface area contributed by atoms with E-state index in [0.29, 0.717) is 0 Å². The molecule has 0 spiro atoms. The predicted octanol–water partition coefficient (Wildman–Crippen LogP) is 2.61. The number of anilines is 1. The number of hydrogen-bond donors (Lipinski definition) is 2. The first-order chi connectivity index (χ1) is 9.50. The van der Waals surface area contributed by atoms with Crippen molar-refractivity contribution in [1.29, 1.82) is 0 Å². The third kappa shape index (κ3) is 2.64. The molecular weight excluding hydrogens is 284 g/mol. The van der Waals surface area contributed by atoms with E-state index in [2.05, 4.69) is 5.32 Å². The van der Waals surface area contributed by atoms with Gasteiger partial charge in [0.05, 0.1) is 10.5 Å². The molecule has 1 amide bonds. The van der Waals surface area contributed by atoms with Gasteiger partial charge in [0.2, 0.25) is 0 Å². The number of para-hydroxylation sites is 1. The molecule has 20 heavy (non-hydrogen) atoms. The van der Waals surface area contributed by atoms with Crippen molar-refractivity contribution in [1.82, 2.24) is 0 Å². The van der Waals surface area contributed by atoms with Crippen LogP contribution in [0.15, 0.2) is 35.7 Å². The molecule has 0 atom stereocenters. The fraction of sp³-hybridized carbons (Fsp3) is 0. The van der Waals surface area contributed by atoms with Crippen LogP contribution in [0, 0.1) is 10.1 Å². The molecule has 0 aliphatic carbocycles.